The van der Waals surface area contributed by atoms with Gasteiger partial charge in [-0.05, 0) is 6.42 Å². The van der Waals surface area contributed by atoms with Crippen molar-refractivity contribution in [2.75, 3.05) is 39.5 Å². The van der Waals surface area contributed by atoms with E-state index in [1.807, 2.05) is 4.90 Å². The molecule has 1 aliphatic heterocycles. The van der Waals surface area contributed by atoms with Crippen molar-refractivity contribution in [1.82, 2.24) is 4.90 Å². The van der Waals surface area contributed by atoms with E-state index >= 15 is 0 Å². The Morgan fingerprint density at radius 2 is 1.65 bits per heavy atom. The summed E-state index contributed by atoms with van der Waals surface area (Å²) in [6, 6.07) is 0. The van der Waals surface area contributed by atoms with Crippen LogP contribution in [0.4, 0.5) is 17.6 Å². The molecule has 128 valence electrons. The summed E-state index contributed by atoms with van der Waals surface area (Å²) in [4.78, 5) is 2.00. The van der Waals surface area contributed by atoms with Crippen molar-refractivity contribution in [3.63, 3.8) is 0 Å². The minimum Gasteiger partial charge on any atom is -0.487 e. The number of morpholine rings is 1. The van der Waals surface area contributed by atoms with Gasteiger partial charge in [0.1, 0.15) is 0 Å². The van der Waals surface area contributed by atoms with Crippen molar-refractivity contribution in [1.29, 1.82) is 0 Å². The van der Waals surface area contributed by atoms with E-state index in [-0.39, 0.29) is 6.61 Å². The normalized spacial score (nSPS) is 16.2. The number of benzene rings is 1. The third-order valence-electron chi connectivity index (χ3n) is 3.46. The van der Waals surface area contributed by atoms with Gasteiger partial charge >= 0.3 is 0 Å². The number of halogens is 4. The van der Waals surface area contributed by atoms with Gasteiger partial charge in [-0.15, -0.1) is 0 Å². The molecular formula is C16H19F4NO2. The van der Waals surface area contributed by atoms with Gasteiger partial charge in [0.25, 0.3) is 0 Å². The van der Waals surface area contributed by atoms with Crippen molar-refractivity contribution in [3.8, 4) is 5.75 Å². The third-order valence-corrected chi connectivity index (χ3v) is 3.46. The SMILES string of the molecule is CCCOc1c(F)c(F)c(C=CCN2CCOCC2)c(F)c1F. The van der Waals surface area contributed by atoms with E-state index in [1.165, 1.54) is 6.08 Å². The van der Waals surface area contributed by atoms with Gasteiger partial charge in [-0.25, -0.2) is 8.78 Å². The topological polar surface area (TPSA) is 21.7 Å². The number of ether oxygens (including phenoxy) is 2. The van der Waals surface area contributed by atoms with Gasteiger partial charge < -0.3 is 9.47 Å². The maximum Gasteiger partial charge on any atom is 0.204 e. The predicted molar refractivity (Wildman–Crippen MR) is 78.4 cm³/mol. The lowest BCUT2D eigenvalue weighted by Gasteiger charge is -2.25. The van der Waals surface area contributed by atoms with Crippen LogP contribution in [0.25, 0.3) is 6.08 Å². The maximum atomic E-state index is 13.9. The smallest absolute Gasteiger partial charge is 0.204 e. The van der Waals surface area contributed by atoms with Crippen LogP contribution in [0.5, 0.6) is 5.75 Å². The van der Waals surface area contributed by atoms with E-state index in [0.29, 0.717) is 39.3 Å². The van der Waals surface area contributed by atoms with Crippen molar-refractivity contribution < 1.29 is 27.0 Å². The molecule has 0 aliphatic carbocycles. The lowest BCUT2D eigenvalue weighted by molar-refractivity contribution is 0.0435. The molecule has 23 heavy (non-hydrogen) atoms. The molecule has 0 bridgehead atoms. The molecule has 0 spiro atoms. The molecule has 0 N–H and O–H groups in total. The molecule has 1 aromatic rings. The highest BCUT2D eigenvalue weighted by atomic mass is 19.2. The van der Waals surface area contributed by atoms with Crippen molar-refractivity contribution in [2.24, 2.45) is 0 Å². The van der Waals surface area contributed by atoms with E-state index in [9.17, 15) is 17.6 Å². The Morgan fingerprint density at radius 1 is 1.04 bits per heavy atom. The molecule has 1 saturated heterocycles. The largest absolute Gasteiger partial charge is 0.487 e. The van der Waals surface area contributed by atoms with Gasteiger partial charge in [0.15, 0.2) is 17.4 Å². The Kier molecular flexibility index (Phi) is 6.41. The molecule has 0 radical (unpaired) electrons. The highest BCUT2D eigenvalue weighted by Crippen LogP contribution is 2.30. The van der Waals surface area contributed by atoms with Crippen LogP contribution in [0.15, 0.2) is 6.08 Å². The van der Waals surface area contributed by atoms with Crippen LogP contribution >= 0.6 is 0 Å². The molecule has 0 saturated carbocycles. The Balaban J connectivity index is 2.18. The second-order valence-corrected chi connectivity index (χ2v) is 5.16. The molecule has 1 aromatic carbocycles. The van der Waals surface area contributed by atoms with E-state index in [0.717, 1.165) is 6.08 Å². The van der Waals surface area contributed by atoms with Gasteiger partial charge in [-0.1, -0.05) is 19.1 Å². The fourth-order valence-corrected chi connectivity index (χ4v) is 2.21. The lowest BCUT2D eigenvalue weighted by Crippen LogP contribution is -2.36. The molecule has 0 amide bonds. The molecule has 3 nitrogen and oxygen atoms in total. The van der Waals surface area contributed by atoms with Gasteiger partial charge in [0.2, 0.25) is 11.6 Å². The van der Waals surface area contributed by atoms with E-state index in [1.54, 1.807) is 6.92 Å². The summed E-state index contributed by atoms with van der Waals surface area (Å²) in [5.74, 6) is -6.93. The summed E-state index contributed by atoms with van der Waals surface area (Å²) < 4.78 is 65.5. The standard InChI is InChI=1S/C16H19F4NO2/c1-2-8-23-16-14(19)12(17)11(13(18)15(16)20)4-3-5-21-6-9-22-10-7-21/h3-4H,2,5-10H2,1H3. The van der Waals surface area contributed by atoms with Crippen LogP contribution in [0.1, 0.15) is 18.9 Å². The second kappa shape index (κ2) is 8.31. The molecule has 0 unspecified atom stereocenters. The van der Waals surface area contributed by atoms with Crippen LogP contribution in [-0.2, 0) is 4.74 Å². The van der Waals surface area contributed by atoms with Gasteiger partial charge in [0, 0.05) is 19.6 Å². The van der Waals surface area contributed by atoms with Gasteiger partial charge in [-0.2, -0.15) is 8.78 Å². The van der Waals surface area contributed by atoms with Gasteiger partial charge in [-0.3, -0.25) is 4.90 Å². The molecule has 7 heteroatoms. The van der Waals surface area contributed by atoms with Crippen LogP contribution in [0, 0.1) is 23.3 Å². The molecule has 1 aliphatic rings. The Labute approximate surface area is 132 Å². The first-order chi connectivity index (χ1) is 11.1. The Bertz CT molecular complexity index is 543. The minimum atomic E-state index is -1.51. The van der Waals surface area contributed by atoms with Crippen molar-refractivity contribution in [2.45, 2.75) is 13.3 Å². The Hall–Kier alpha value is -1.60. The molecule has 1 fully saturated rings. The fourth-order valence-electron chi connectivity index (χ4n) is 2.21. The molecule has 1 heterocycles. The third kappa shape index (κ3) is 4.23. The summed E-state index contributed by atoms with van der Waals surface area (Å²) in [5, 5.41) is 0. The van der Waals surface area contributed by atoms with Crippen LogP contribution < -0.4 is 4.74 Å². The fraction of sp³-hybridized carbons (Fsp3) is 0.500. The number of nitrogens with zero attached hydrogens (tertiary/aromatic N) is 1. The number of rotatable bonds is 6. The highest BCUT2D eigenvalue weighted by molar-refractivity contribution is 5.54. The monoisotopic (exact) mass is 333 g/mol. The number of hydrogen-bond donors (Lipinski definition) is 0. The minimum absolute atomic E-state index is 0.0288. The zero-order valence-electron chi connectivity index (χ0n) is 12.9. The molecular weight excluding hydrogens is 314 g/mol. The lowest BCUT2D eigenvalue weighted by atomic mass is 10.1. The Morgan fingerprint density at radius 3 is 2.22 bits per heavy atom. The van der Waals surface area contributed by atoms with E-state index in [4.69, 9.17) is 9.47 Å². The second-order valence-electron chi connectivity index (χ2n) is 5.16. The summed E-state index contributed by atoms with van der Waals surface area (Å²) >= 11 is 0. The zero-order valence-corrected chi connectivity index (χ0v) is 12.9. The summed E-state index contributed by atoms with van der Waals surface area (Å²) in [5.41, 5.74) is -0.739. The highest BCUT2D eigenvalue weighted by Gasteiger charge is 2.25. The van der Waals surface area contributed by atoms with E-state index in [2.05, 4.69) is 0 Å². The number of hydrogen-bond acceptors (Lipinski definition) is 3. The van der Waals surface area contributed by atoms with Crippen LogP contribution in [-0.4, -0.2) is 44.4 Å². The summed E-state index contributed by atoms with van der Waals surface area (Å²) in [6.07, 6.45) is 2.98. The first-order valence-corrected chi connectivity index (χ1v) is 7.51. The summed E-state index contributed by atoms with van der Waals surface area (Å²) in [7, 11) is 0. The average molecular weight is 333 g/mol. The molecule has 0 aromatic heterocycles. The van der Waals surface area contributed by atoms with E-state index < -0.39 is 34.6 Å². The van der Waals surface area contributed by atoms with Gasteiger partial charge in [0.05, 0.1) is 25.4 Å². The molecule has 0 atom stereocenters. The maximum absolute atomic E-state index is 13.9. The molecule has 2 rings (SSSR count). The first-order valence-electron chi connectivity index (χ1n) is 7.51. The predicted octanol–water partition coefficient (Wildman–Crippen LogP) is 3.38. The quantitative estimate of drug-likeness (QED) is 0.588. The zero-order chi connectivity index (χ0) is 16.8. The summed E-state index contributed by atoms with van der Waals surface area (Å²) in [6.45, 7) is 4.67. The van der Waals surface area contributed by atoms with Crippen LogP contribution in [0.2, 0.25) is 0 Å². The van der Waals surface area contributed by atoms with Crippen molar-refractivity contribution in [3.05, 3.63) is 34.9 Å². The average Bonchev–Trinajstić information content (AvgIpc) is 2.57. The first kappa shape index (κ1) is 17.7. The van der Waals surface area contributed by atoms with Crippen molar-refractivity contribution >= 4 is 6.08 Å². The van der Waals surface area contributed by atoms with Crippen LogP contribution in [0.3, 0.4) is 0 Å².